The van der Waals surface area contributed by atoms with Gasteiger partial charge in [-0.1, -0.05) is 12.1 Å². The Bertz CT molecular complexity index is 918. The van der Waals surface area contributed by atoms with Crippen LogP contribution in [0.4, 0.5) is 0 Å². The molecular weight excluding hydrogens is 370 g/mol. The zero-order chi connectivity index (χ0) is 19.6. The van der Waals surface area contributed by atoms with Crippen LogP contribution in [0.5, 0.6) is 0 Å². The summed E-state index contributed by atoms with van der Waals surface area (Å²) in [5, 5.41) is 10.8. The number of nitrogens with one attached hydrogen (secondary N) is 1. The fourth-order valence-electron chi connectivity index (χ4n) is 3.27. The summed E-state index contributed by atoms with van der Waals surface area (Å²) < 4.78 is 33.9. The number of nitrogens with zero attached hydrogens (tertiary/aromatic N) is 4. The van der Waals surface area contributed by atoms with Crippen molar-refractivity contribution < 1.29 is 17.7 Å². The number of rotatable bonds is 6. The molecule has 2 aromatic heterocycles. The number of hydrogen-bond acceptors (Lipinski definition) is 6. The summed E-state index contributed by atoms with van der Waals surface area (Å²) in [6, 6.07) is 1.81. The zero-order valence-electron chi connectivity index (χ0n) is 15.8. The molecule has 2 aromatic rings. The van der Waals surface area contributed by atoms with E-state index in [2.05, 4.69) is 15.6 Å². The number of carbonyl (C=O) groups excluding carboxylic acids is 1. The normalized spacial score (nSPS) is 18.6. The van der Waals surface area contributed by atoms with Crippen LogP contribution in [0.2, 0.25) is 0 Å². The van der Waals surface area contributed by atoms with E-state index in [4.69, 9.17) is 4.52 Å². The van der Waals surface area contributed by atoms with E-state index in [1.807, 2.05) is 13.0 Å². The number of amides is 1. The second-order valence-electron chi connectivity index (χ2n) is 6.81. The Balaban J connectivity index is 1.64. The molecule has 0 aromatic carbocycles. The summed E-state index contributed by atoms with van der Waals surface area (Å²) in [5.74, 6) is 0.0257. The average molecular weight is 395 g/mol. The fourth-order valence-corrected chi connectivity index (χ4v) is 4.99. The minimum atomic E-state index is -3.66. The first kappa shape index (κ1) is 19.6. The van der Waals surface area contributed by atoms with E-state index in [9.17, 15) is 13.2 Å². The number of hydrogen-bond donors (Lipinski definition) is 1. The molecule has 148 valence electrons. The highest BCUT2D eigenvalue weighted by Gasteiger charge is 2.34. The van der Waals surface area contributed by atoms with Crippen LogP contribution in [0, 0.1) is 12.8 Å². The topological polar surface area (TPSA) is 110 Å². The molecule has 0 radical (unpaired) electrons. The minimum absolute atomic E-state index is 0.166. The van der Waals surface area contributed by atoms with Crippen LogP contribution in [0.3, 0.4) is 0 Å². The molecule has 1 N–H and O–H groups in total. The highest BCUT2D eigenvalue weighted by atomic mass is 32.2. The number of carbonyl (C=O) groups is 1. The Morgan fingerprint density at radius 1 is 1.44 bits per heavy atom. The first-order valence-corrected chi connectivity index (χ1v) is 10.5. The second-order valence-corrected chi connectivity index (χ2v) is 8.72. The van der Waals surface area contributed by atoms with Gasteiger partial charge in [-0.3, -0.25) is 9.48 Å². The Kier molecular flexibility index (Phi) is 5.66. The van der Waals surface area contributed by atoms with Crippen LogP contribution in [0.15, 0.2) is 21.7 Å². The molecule has 1 saturated heterocycles. The van der Waals surface area contributed by atoms with Crippen molar-refractivity contribution in [1.82, 2.24) is 24.6 Å². The standard InChI is InChI=1S/C17H25N5O4S/c1-4-14-8-15(26-20-14)9-18-17(23)13-6-5-7-22(10-13)27(24,25)16-11-21(3)19-12(16)2/h8,11,13H,4-7,9-10H2,1-3H3,(H,18,23). The smallest absolute Gasteiger partial charge is 0.246 e. The van der Waals surface area contributed by atoms with Gasteiger partial charge in [0.05, 0.1) is 23.9 Å². The van der Waals surface area contributed by atoms with E-state index in [1.54, 1.807) is 14.0 Å². The van der Waals surface area contributed by atoms with Gasteiger partial charge in [0.2, 0.25) is 15.9 Å². The Hall–Kier alpha value is -2.20. The van der Waals surface area contributed by atoms with Crippen LogP contribution in [0.25, 0.3) is 0 Å². The molecule has 1 fully saturated rings. The van der Waals surface area contributed by atoms with Crippen molar-refractivity contribution >= 4 is 15.9 Å². The first-order chi connectivity index (χ1) is 12.8. The molecule has 9 nitrogen and oxygen atoms in total. The second kappa shape index (κ2) is 7.81. The predicted molar refractivity (Wildman–Crippen MR) is 97.2 cm³/mol. The van der Waals surface area contributed by atoms with Crippen molar-refractivity contribution in [3.8, 4) is 0 Å². The highest BCUT2D eigenvalue weighted by Crippen LogP contribution is 2.25. The van der Waals surface area contributed by atoms with Crippen LogP contribution in [0.1, 0.15) is 36.9 Å². The lowest BCUT2D eigenvalue weighted by molar-refractivity contribution is -0.126. The maximum Gasteiger partial charge on any atom is 0.246 e. The van der Waals surface area contributed by atoms with E-state index in [0.717, 1.165) is 12.1 Å². The van der Waals surface area contributed by atoms with Crippen molar-refractivity contribution in [1.29, 1.82) is 0 Å². The molecule has 1 amide bonds. The summed E-state index contributed by atoms with van der Waals surface area (Å²) in [5.41, 5.74) is 1.29. The van der Waals surface area contributed by atoms with E-state index < -0.39 is 10.0 Å². The van der Waals surface area contributed by atoms with E-state index >= 15 is 0 Å². The van der Waals surface area contributed by atoms with Gasteiger partial charge in [0.1, 0.15) is 4.90 Å². The summed E-state index contributed by atoms with van der Waals surface area (Å²) in [7, 11) is -1.98. The van der Waals surface area contributed by atoms with Gasteiger partial charge < -0.3 is 9.84 Å². The number of aromatic nitrogens is 3. The average Bonchev–Trinajstić information content (AvgIpc) is 3.25. The molecule has 3 heterocycles. The summed E-state index contributed by atoms with van der Waals surface area (Å²) in [4.78, 5) is 12.7. The molecule has 0 bridgehead atoms. The maximum atomic E-state index is 12.9. The van der Waals surface area contributed by atoms with Gasteiger partial charge >= 0.3 is 0 Å². The molecule has 1 unspecified atom stereocenters. The number of aryl methyl sites for hydroxylation is 3. The SMILES string of the molecule is CCc1cc(CNC(=O)C2CCCN(S(=O)(=O)c3cn(C)nc3C)C2)on1. The Morgan fingerprint density at radius 3 is 2.85 bits per heavy atom. The van der Waals surface area contributed by atoms with Gasteiger partial charge in [0.25, 0.3) is 0 Å². The quantitative estimate of drug-likeness (QED) is 0.781. The molecule has 1 aliphatic heterocycles. The summed E-state index contributed by atoms with van der Waals surface area (Å²) >= 11 is 0. The lowest BCUT2D eigenvalue weighted by atomic mass is 9.99. The van der Waals surface area contributed by atoms with Gasteiger partial charge in [-0.25, -0.2) is 8.42 Å². The molecule has 27 heavy (non-hydrogen) atoms. The van der Waals surface area contributed by atoms with Crippen molar-refractivity contribution in [2.24, 2.45) is 13.0 Å². The monoisotopic (exact) mass is 395 g/mol. The van der Waals surface area contributed by atoms with Crippen molar-refractivity contribution in [3.63, 3.8) is 0 Å². The van der Waals surface area contributed by atoms with Gasteiger partial charge in [-0.05, 0) is 26.2 Å². The molecule has 1 aliphatic rings. The molecule has 1 atom stereocenters. The Labute approximate surface area is 158 Å². The number of sulfonamides is 1. The number of piperidine rings is 1. The lowest BCUT2D eigenvalue weighted by Crippen LogP contribution is -2.45. The van der Waals surface area contributed by atoms with Gasteiger partial charge in [0.15, 0.2) is 5.76 Å². The lowest BCUT2D eigenvalue weighted by Gasteiger charge is -2.30. The van der Waals surface area contributed by atoms with Crippen LogP contribution in [-0.2, 0) is 34.8 Å². The third-order valence-corrected chi connectivity index (χ3v) is 6.72. The third kappa shape index (κ3) is 4.22. The van der Waals surface area contributed by atoms with Gasteiger partial charge in [-0.15, -0.1) is 0 Å². The third-order valence-electron chi connectivity index (χ3n) is 4.75. The van der Waals surface area contributed by atoms with Crippen molar-refractivity contribution in [2.75, 3.05) is 13.1 Å². The van der Waals surface area contributed by atoms with Gasteiger partial charge in [-0.2, -0.15) is 9.40 Å². The maximum absolute atomic E-state index is 12.9. The molecule has 3 rings (SSSR count). The molecule has 0 spiro atoms. The largest absolute Gasteiger partial charge is 0.359 e. The first-order valence-electron chi connectivity index (χ1n) is 9.03. The van der Waals surface area contributed by atoms with Crippen molar-refractivity contribution in [3.05, 3.63) is 29.4 Å². The summed E-state index contributed by atoms with van der Waals surface area (Å²) in [6.45, 7) is 4.46. The summed E-state index contributed by atoms with van der Waals surface area (Å²) in [6.07, 6.45) is 3.56. The minimum Gasteiger partial charge on any atom is -0.359 e. The molecule has 0 saturated carbocycles. The molecule has 10 heteroatoms. The van der Waals surface area contributed by atoms with Gasteiger partial charge in [0, 0.05) is 32.4 Å². The van der Waals surface area contributed by atoms with Crippen LogP contribution >= 0.6 is 0 Å². The Morgan fingerprint density at radius 2 is 2.22 bits per heavy atom. The zero-order valence-corrected chi connectivity index (χ0v) is 16.6. The van der Waals surface area contributed by atoms with Crippen LogP contribution < -0.4 is 5.32 Å². The fraction of sp³-hybridized carbons (Fsp3) is 0.588. The van der Waals surface area contributed by atoms with E-state index in [0.29, 0.717) is 30.8 Å². The molecule has 0 aliphatic carbocycles. The van der Waals surface area contributed by atoms with Crippen molar-refractivity contribution in [2.45, 2.75) is 44.6 Å². The van der Waals surface area contributed by atoms with Crippen LogP contribution in [-0.4, -0.2) is 46.7 Å². The predicted octanol–water partition coefficient (Wildman–Crippen LogP) is 0.996. The highest BCUT2D eigenvalue weighted by molar-refractivity contribution is 7.89. The van der Waals surface area contributed by atoms with E-state index in [1.165, 1.54) is 15.2 Å². The molecular formula is C17H25N5O4S. The van der Waals surface area contributed by atoms with E-state index in [-0.39, 0.29) is 29.8 Å².